The molecule has 3 heterocycles. The van der Waals surface area contributed by atoms with E-state index in [1.807, 2.05) is 27.7 Å². The van der Waals surface area contributed by atoms with E-state index in [2.05, 4.69) is 24.5 Å². The average Bonchev–Trinajstić information content (AvgIpc) is 3.38. The molecule has 3 fully saturated rings. The number of benzene rings is 1. The molecular weight excluding hydrogens is 559 g/mol. The lowest BCUT2D eigenvalue weighted by molar-refractivity contribution is -0.0385. The molecule has 1 aromatic heterocycles. The van der Waals surface area contributed by atoms with Gasteiger partial charge in [0.05, 0.1) is 11.8 Å². The molecule has 1 spiro atoms. The van der Waals surface area contributed by atoms with Crippen molar-refractivity contribution in [2.75, 3.05) is 37.6 Å². The van der Waals surface area contributed by atoms with Gasteiger partial charge in [-0.2, -0.15) is 0 Å². The van der Waals surface area contributed by atoms with Gasteiger partial charge in [0.1, 0.15) is 17.9 Å². The summed E-state index contributed by atoms with van der Waals surface area (Å²) in [5.41, 5.74) is 0.508. The van der Waals surface area contributed by atoms with Gasteiger partial charge in [0, 0.05) is 50.8 Å². The van der Waals surface area contributed by atoms with E-state index < -0.39 is 16.7 Å². The molecule has 0 unspecified atom stereocenters. The summed E-state index contributed by atoms with van der Waals surface area (Å²) >= 11 is 0. The largest absolute Gasteiger partial charge is 0.451 e. The van der Waals surface area contributed by atoms with E-state index in [9.17, 15) is 17.6 Å². The minimum atomic E-state index is -2.53. The Hall–Kier alpha value is -2.83. The van der Waals surface area contributed by atoms with Gasteiger partial charge in [0.2, 0.25) is 10.9 Å². The third-order valence-electron chi connectivity index (χ3n) is 8.95. The van der Waals surface area contributed by atoms with Crippen molar-refractivity contribution < 1.29 is 22.3 Å². The molecule has 2 saturated heterocycles. The van der Waals surface area contributed by atoms with Crippen molar-refractivity contribution in [2.24, 2.45) is 11.3 Å². The molecule has 42 heavy (non-hydrogen) atoms. The van der Waals surface area contributed by atoms with Gasteiger partial charge in [-0.25, -0.2) is 27.5 Å². The monoisotopic (exact) mass is 602 g/mol. The normalized spacial score (nSPS) is 21.0. The van der Waals surface area contributed by atoms with E-state index in [1.54, 1.807) is 11.1 Å². The number of likely N-dealkylation sites (tertiary alicyclic amines) is 1. The molecule has 5 rings (SSSR count). The fourth-order valence-electron chi connectivity index (χ4n) is 7.10. The minimum absolute atomic E-state index is 0.0600. The number of halogens is 1. The Kier molecular flexibility index (Phi) is 9.34. The first kappa shape index (κ1) is 30.6. The highest BCUT2D eigenvalue weighted by Gasteiger charge is 2.45. The van der Waals surface area contributed by atoms with E-state index in [-0.39, 0.29) is 35.3 Å². The van der Waals surface area contributed by atoms with Crippen LogP contribution in [-0.2, 0) is 10.9 Å². The molecule has 0 radical (unpaired) electrons. The number of thiol groups is 1. The van der Waals surface area contributed by atoms with E-state index in [0.29, 0.717) is 22.9 Å². The third kappa shape index (κ3) is 6.86. The van der Waals surface area contributed by atoms with Crippen LogP contribution in [0.2, 0.25) is 0 Å². The molecule has 1 N–H and O–H groups in total. The lowest BCUT2D eigenvalue weighted by Crippen LogP contribution is -2.59. The van der Waals surface area contributed by atoms with Gasteiger partial charge in [0.25, 0.3) is 5.91 Å². The predicted molar refractivity (Wildman–Crippen MR) is 160 cm³/mol. The van der Waals surface area contributed by atoms with Crippen molar-refractivity contribution in [3.05, 3.63) is 42.1 Å². The van der Waals surface area contributed by atoms with Crippen LogP contribution in [0.4, 0.5) is 10.2 Å². The van der Waals surface area contributed by atoms with Crippen LogP contribution in [0.5, 0.6) is 11.5 Å². The van der Waals surface area contributed by atoms with Gasteiger partial charge in [0.15, 0.2) is 11.6 Å². The summed E-state index contributed by atoms with van der Waals surface area (Å²) < 4.78 is 45.2. The molecule has 3 aliphatic rings. The summed E-state index contributed by atoms with van der Waals surface area (Å²) in [4.78, 5) is 28.7. The van der Waals surface area contributed by atoms with Crippen molar-refractivity contribution in [1.82, 2.24) is 24.5 Å². The molecule has 1 atom stereocenters. The number of hydrogen-bond acceptors (Lipinski definition) is 8. The van der Waals surface area contributed by atoms with Gasteiger partial charge >= 0.3 is 0 Å². The molecule has 1 amide bonds. The second-order valence-electron chi connectivity index (χ2n) is 12.8. The molecule has 1 aliphatic carbocycles. The van der Waals surface area contributed by atoms with Gasteiger partial charge in [-0.05, 0) is 89.3 Å². The Morgan fingerprint density at radius 3 is 2.52 bits per heavy atom. The average molecular weight is 603 g/mol. The molecule has 1 aromatic carbocycles. The fraction of sp³-hybridized carbons (Fsp3) is 0.633. The molecule has 2 aromatic rings. The Labute approximate surface area is 249 Å². The van der Waals surface area contributed by atoms with Crippen LogP contribution < -0.4 is 14.4 Å². The first-order valence-electron chi connectivity index (χ1n) is 15.0. The maximum atomic E-state index is 14.3. The Balaban J connectivity index is 1.22. The fourth-order valence-corrected chi connectivity index (χ4v) is 7.65. The smallest absolute Gasteiger partial charge is 0.258 e. The topological polar surface area (TPSA) is 108 Å². The second kappa shape index (κ2) is 12.8. The van der Waals surface area contributed by atoms with Crippen LogP contribution in [0.25, 0.3) is 0 Å². The molecule has 10 nitrogen and oxygen atoms in total. The van der Waals surface area contributed by atoms with Gasteiger partial charge in [-0.15, -0.1) is 0 Å². The van der Waals surface area contributed by atoms with Crippen LogP contribution in [0.1, 0.15) is 70.2 Å². The van der Waals surface area contributed by atoms with E-state index >= 15 is 0 Å². The highest BCUT2D eigenvalue weighted by atomic mass is 32.2. The van der Waals surface area contributed by atoms with Crippen LogP contribution >= 0.6 is 0 Å². The van der Waals surface area contributed by atoms with Crippen LogP contribution in [0, 0.1) is 17.2 Å². The standard InChI is InChI=1S/C30H43FN6O4S/c1-20(2)37(21(3)4)29(38)25-13-23(31)5-6-26(25)41-27-14-32-19-33-28(27)36-12-9-22(16-36)15-35-17-30(18-35)10-7-24(8-11-30)34-42(39)40/h5-6,13-14,19-22,24,42H,7-12,15-18H2,1-4H3,(H,34,39,40)/t22-/m1/s1. The van der Waals surface area contributed by atoms with Crippen molar-refractivity contribution >= 4 is 22.6 Å². The van der Waals surface area contributed by atoms with E-state index in [4.69, 9.17) is 4.74 Å². The number of aromatic nitrogens is 2. The quantitative estimate of drug-likeness (QED) is 0.395. The minimum Gasteiger partial charge on any atom is -0.451 e. The Morgan fingerprint density at radius 2 is 1.86 bits per heavy atom. The van der Waals surface area contributed by atoms with Gasteiger partial charge in [-0.3, -0.25) is 4.79 Å². The molecule has 2 aliphatic heterocycles. The summed E-state index contributed by atoms with van der Waals surface area (Å²) in [6.07, 6.45) is 8.11. The predicted octanol–water partition coefficient (Wildman–Crippen LogP) is 3.85. The van der Waals surface area contributed by atoms with Crippen molar-refractivity contribution in [2.45, 2.75) is 77.9 Å². The van der Waals surface area contributed by atoms with Gasteiger partial charge < -0.3 is 19.4 Å². The maximum absolute atomic E-state index is 14.3. The number of rotatable bonds is 10. The summed E-state index contributed by atoms with van der Waals surface area (Å²) in [7, 11) is -2.53. The number of anilines is 1. The van der Waals surface area contributed by atoms with E-state index in [0.717, 1.165) is 64.8 Å². The Morgan fingerprint density at radius 1 is 1.14 bits per heavy atom. The van der Waals surface area contributed by atoms with Gasteiger partial charge in [-0.1, -0.05) is 0 Å². The lowest BCUT2D eigenvalue weighted by atomic mass is 9.67. The zero-order valence-electron chi connectivity index (χ0n) is 25.0. The van der Waals surface area contributed by atoms with Crippen LogP contribution in [-0.4, -0.2) is 84.9 Å². The highest BCUT2D eigenvalue weighted by Crippen LogP contribution is 2.44. The van der Waals surface area contributed by atoms with Crippen molar-refractivity contribution in [1.29, 1.82) is 0 Å². The first-order valence-corrected chi connectivity index (χ1v) is 16.2. The molecule has 12 heteroatoms. The lowest BCUT2D eigenvalue weighted by Gasteiger charge is -2.54. The molecule has 0 bridgehead atoms. The maximum Gasteiger partial charge on any atom is 0.258 e. The number of amides is 1. The number of nitrogens with zero attached hydrogens (tertiary/aromatic N) is 5. The number of hydrogen-bond donors (Lipinski definition) is 2. The number of carbonyl (C=O) groups excluding carboxylic acids is 1. The molecular formula is C30H43FN6O4S. The highest BCUT2D eigenvalue weighted by molar-refractivity contribution is 7.70. The summed E-state index contributed by atoms with van der Waals surface area (Å²) in [6, 6.07) is 4.00. The van der Waals surface area contributed by atoms with Crippen molar-refractivity contribution in [3.8, 4) is 11.5 Å². The zero-order chi connectivity index (χ0) is 30.0. The second-order valence-corrected chi connectivity index (χ2v) is 13.6. The third-order valence-corrected chi connectivity index (χ3v) is 9.53. The summed E-state index contributed by atoms with van der Waals surface area (Å²) in [5.74, 6) is 1.09. The number of nitrogens with one attached hydrogen (secondary N) is 1. The van der Waals surface area contributed by atoms with Crippen LogP contribution in [0.3, 0.4) is 0 Å². The Bertz CT molecular complexity index is 1320. The number of ether oxygens (including phenoxy) is 1. The molecule has 1 saturated carbocycles. The number of carbonyl (C=O) groups is 1. The van der Waals surface area contributed by atoms with Crippen molar-refractivity contribution in [3.63, 3.8) is 0 Å². The summed E-state index contributed by atoms with van der Waals surface area (Å²) in [6.45, 7) is 12.6. The van der Waals surface area contributed by atoms with Crippen LogP contribution in [0.15, 0.2) is 30.7 Å². The molecule has 230 valence electrons. The zero-order valence-corrected chi connectivity index (χ0v) is 25.9. The van der Waals surface area contributed by atoms with E-state index in [1.165, 1.54) is 24.5 Å². The first-order chi connectivity index (χ1) is 20.0. The SMILES string of the molecule is CC(C)N(C(=O)c1cc(F)ccc1Oc1cncnc1N1CC[C@H](CN2CC3(CCC(N[SH](=O)=O)CC3)C2)C1)C(C)C. The summed E-state index contributed by atoms with van der Waals surface area (Å²) in [5, 5.41) is 0.